The van der Waals surface area contributed by atoms with E-state index in [4.69, 9.17) is 11.6 Å². The number of rotatable bonds is 8. The third kappa shape index (κ3) is 5.76. The zero-order valence-electron chi connectivity index (χ0n) is 16.0. The molecule has 3 aromatic rings. The fraction of sp³-hybridized carbons (Fsp3) is 0.158. The van der Waals surface area contributed by atoms with Crippen molar-refractivity contribution in [2.24, 2.45) is 0 Å². The Morgan fingerprint density at radius 2 is 1.90 bits per heavy atom. The molecule has 1 aromatic heterocycles. The first kappa shape index (κ1) is 23.1. The summed E-state index contributed by atoms with van der Waals surface area (Å²) in [5, 5.41) is 4.65. The molecule has 0 saturated carbocycles. The highest BCUT2D eigenvalue weighted by molar-refractivity contribution is 7.89. The van der Waals surface area contributed by atoms with Gasteiger partial charge in [-0.05, 0) is 36.4 Å². The molecule has 164 valence electrons. The Kier molecular flexibility index (Phi) is 7.21. The maximum Gasteiger partial charge on any atom is 0.387 e. The SMILES string of the molecule is CN(CC(=O)Nc1nc(-c2ccccc2OC(F)F)cs1)S(=O)(=O)c1ccc(Cl)cc1. The number of halogens is 3. The van der Waals surface area contributed by atoms with Crippen molar-refractivity contribution >= 4 is 44.0 Å². The first-order valence-electron chi connectivity index (χ1n) is 8.68. The van der Waals surface area contributed by atoms with Crippen LogP contribution in [-0.2, 0) is 14.8 Å². The first-order valence-corrected chi connectivity index (χ1v) is 11.4. The molecule has 0 bridgehead atoms. The fourth-order valence-corrected chi connectivity index (χ4v) is 4.54. The Bertz CT molecular complexity index is 1170. The molecule has 2 aromatic carbocycles. The molecule has 12 heteroatoms. The molecule has 0 aliphatic heterocycles. The zero-order valence-corrected chi connectivity index (χ0v) is 18.3. The van der Waals surface area contributed by atoms with Gasteiger partial charge in [0.05, 0.1) is 17.1 Å². The van der Waals surface area contributed by atoms with Gasteiger partial charge in [0, 0.05) is 23.0 Å². The van der Waals surface area contributed by atoms with Gasteiger partial charge in [0.15, 0.2) is 5.13 Å². The number of nitrogens with one attached hydrogen (secondary N) is 1. The number of para-hydroxylation sites is 1. The van der Waals surface area contributed by atoms with Gasteiger partial charge in [-0.2, -0.15) is 13.1 Å². The summed E-state index contributed by atoms with van der Waals surface area (Å²) in [6.45, 7) is -3.44. The largest absolute Gasteiger partial charge is 0.434 e. The number of benzene rings is 2. The third-order valence-electron chi connectivity index (χ3n) is 4.02. The number of aromatic nitrogens is 1. The predicted molar refractivity (Wildman–Crippen MR) is 114 cm³/mol. The van der Waals surface area contributed by atoms with E-state index < -0.39 is 29.1 Å². The van der Waals surface area contributed by atoms with E-state index in [-0.39, 0.29) is 15.8 Å². The van der Waals surface area contributed by atoms with E-state index in [2.05, 4.69) is 15.0 Å². The summed E-state index contributed by atoms with van der Waals surface area (Å²) in [6, 6.07) is 11.7. The smallest absolute Gasteiger partial charge is 0.387 e. The number of sulfonamides is 1. The van der Waals surface area contributed by atoms with Crippen LogP contribution in [0.4, 0.5) is 13.9 Å². The molecular weight excluding hydrogens is 472 g/mol. The molecule has 7 nitrogen and oxygen atoms in total. The lowest BCUT2D eigenvalue weighted by Gasteiger charge is -2.16. The van der Waals surface area contributed by atoms with Crippen molar-refractivity contribution in [3.05, 3.63) is 58.9 Å². The van der Waals surface area contributed by atoms with Crippen LogP contribution in [0.3, 0.4) is 0 Å². The minimum absolute atomic E-state index is 0.000582. The summed E-state index contributed by atoms with van der Waals surface area (Å²) in [5.74, 6) is -0.660. The monoisotopic (exact) mass is 487 g/mol. The van der Waals surface area contributed by atoms with E-state index in [1.807, 2.05) is 0 Å². The maximum absolute atomic E-state index is 12.6. The number of hydrogen-bond donors (Lipinski definition) is 1. The Morgan fingerprint density at radius 1 is 1.23 bits per heavy atom. The number of ether oxygens (including phenoxy) is 1. The minimum Gasteiger partial charge on any atom is -0.434 e. The van der Waals surface area contributed by atoms with E-state index in [0.29, 0.717) is 16.3 Å². The van der Waals surface area contributed by atoms with Crippen molar-refractivity contribution in [3.8, 4) is 17.0 Å². The standard InChI is InChI=1S/C19H16ClF2N3O4S2/c1-25(31(27,28)13-8-6-12(20)7-9-13)10-17(26)24-19-23-15(11-30-19)14-4-2-3-5-16(14)29-18(21)22/h2-9,11,18H,10H2,1H3,(H,23,24,26). The number of nitrogens with zero attached hydrogens (tertiary/aromatic N) is 2. The molecular formula is C19H16ClF2N3O4S2. The van der Waals surface area contributed by atoms with Gasteiger partial charge < -0.3 is 10.1 Å². The lowest BCUT2D eigenvalue weighted by molar-refractivity contribution is -0.116. The highest BCUT2D eigenvalue weighted by Gasteiger charge is 2.23. The number of likely N-dealkylation sites (N-methyl/N-ethyl adjacent to an activating group) is 1. The lowest BCUT2D eigenvalue weighted by atomic mass is 10.1. The normalized spacial score (nSPS) is 11.7. The maximum atomic E-state index is 12.6. The lowest BCUT2D eigenvalue weighted by Crippen LogP contribution is -2.34. The molecule has 0 fully saturated rings. The van der Waals surface area contributed by atoms with Gasteiger partial charge in [-0.1, -0.05) is 23.7 Å². The summed E-state index contributed by atoms with van der Waals surface area (Å²) in [7, 11) is -2.62. The third-order valence-corrected chi connectivity index (χ3v) is 6.85. The van der Waals surface area contributed by atoms with Crippen molar-refractivity contribution in [3.63, 3.8) is 0 Å². The summed E-state index contributed by atoms with van der Waals surface area (Å²) in [6.07, 6.45) is 0. The molecule has 0 aliphatic rings. The summed E-state index contributed by atoms with van der Waals surface area (Å²) in [5.41, 5.74) is 0.667. The van der Waals surface area contributed by atoms with Gasteiger partial charge in [-0.25, -0.2) is 13.4 Å². The van der Waals surface area contributed by atoms with Gasteiger partial charge in [0.25, 0.3) is 0 Å². The van der Waals surface area contributed by atoms with E-state index in [1.165, 1.54) is 37.4 Å². The Morgan fingerprint density at radius 3 is 2.58 bits per heavy atom. The van der Waals surface area contributed by atoms with Crippen LogP contribution in [0.5, 0.6) is 5.75 Å². The van der Waals surface area contributed by atoms with Gasteiger partial charge >= 0.3 is 6.61 Å². The van der Waals surface area contributed by atoms with Crippen LogP contribution in [0.1, 0.15) is 0 Å². The highest BCUT2D eigenvalue weighted by atomic mass is 35.5. The molecule has 0 atom stereocenters. The van der Waals surface area contributed by atoms with Crippen molar-refractivity contribution < 1.29 is 26.7 Å². The van der Waals surface area contributed by atoms with Crippen LogP contribution in [0.15, 0.2) is 58.8 Å². The molecule has 0 aliphatic carbocycles. The van der Waals surface area contributed by atoms with E-state index >= 15 is 0 Å². The number of alkyl halides is 2. The second-order valence-corrected chi connectivity index (χ2v) is 9.52. The first-order chi connectivity index (χ1) is 14.7. The van der Waals surface area contributed by atoms with Crippen LogP contribution in [0, 0.1) is 0 Å². The topological polar surface area (TPSA) is 88.6 Å². The fourth-order valence-electron chi connectivity index (χ4n) is 2.56. The molecule has 0 saturated heterocycles. The Balaban J connectivity index is 1.68. The van der Waals surface area contributed by atoms with Gasteiger partial charge in [-0.15, -0.1) is 11.3 Å². The molecule has 31 heavy (non-hydrogen) atoms. The number of anilines is 1. The zero-order chi connectivity index (χ0) is 22.6. The van der Waals surface area contributed by atoms with Gasteiger partial charge in [0.1, 0.15) is 5.75 Å². The second-order valence-electron chi connectivity index (χ2n) is 6.18. The second kappa shape index (κ2) is 9.69. The van der Waals surface area contributed by atoms with Crippen LogP contribution in [0.2, 0.25) is 5.02 Å². The van der Waals surface area contributed by atoms with Crippen molar-refractivity contribution in [2.45, 2.75) is 11.5 Å². The summed E-state index contributed by atoms with van der Waals surface area (Å²) >= 11 is 6.84. The average molecular weight is 488 g/mol. The Hall–Kier alpha value is -2.60. The van der Waals surface area contributed by atoms with Crippen molar-refractivity contribution in [2.75, 3.05) is 18.9 Å². The van der Waals surface area contributed by atoms with Crippen LogP contribution in [0.25, 0.3) is 11.3 Å². The predicted octanol–water partition coefficient (Wildman–Crippen LogP) is 4.32. The number of thiazole rings is 1. The van der Waals surface area contributed by atoms with Crippen molar-refractivity contribution in [1.82, 2.24) is 9.29 Å². The molecule has 0 radical (unpaired) electrons. The summed E-state index contributed by atoms with van der Waals surface area (Å²) < 4.78 is 55.7. The van der Waals surface area contributed by atoms with Crippen LogP contribution >= 0.6 is 22.9 Å². The minimum atomic E-state index is -3.89. The average Bonchev–Trinajstić information content (AvgIpc) is 3.16. The van der Waals surface area contributed by atoms with Gasteiger partial charge in [-0.3, -0.25) is 4.79 Å². The Labute approximate surface area is 186 Å². The molecule has 0 spiro atoms. The number of carbonyl (C=O) groups is 1. The quantitative estimate of drug-likeness (QED) is 0.511. The van der Waals surface area contributed by atoms with E-state index in [9.17, 15) is 22.0 Å². The van der Waals surface area contributed by atoms with Crippen molar-refractivity contribution in [1.29, 1.82) is 0 Å². The number of hydrogen-bond acceptors (Lipinski definition) is 6. The van der Waals surface area contributed by atoms with Crippen LogP contribution < -0.4 is 10.1 Å². The van der Waals surface area contributed by atoms with Crippen LogP contribution in [-0.4, -0.2) is 43.8 Å². The summed E-state index contributed by atoms with van der Waals surface area (Å²) in [4.78, 5) is 16.5. The number of carbonyl (C=O) groups excluding carboxylic acids is 1. The molecule has 0 unspecified atom stereocenters. The molecule has 3 rings (SSSR count). The van der Waals surface area contributed by atoms with E-state index in [0.717, 1.165) is 15.6 Å². The highest BCUT2D eigenvalue weighted by Crippen LogP contribution is 2.33. The molecule has 1 heterocycles. The molecule has 1 amide bonds. The number of amides is 1. The van der Waals surface area contributed by atoms with E-state index in [1.54, 1.807) is 23.6 Å². The molecule has 1 N–H and O–H groups in total. The van der Waals surface area contributed by atoms with Gasteiger partial charge in [0.2, 0.25) is 15.9 Å².